The van der Waals surface area contributed by atoms with Crippen molar-refractivity contribution in [1.82, 2.24) is 0 Å². The van der Waals surface area contributed by atoms with Gasteiger partial charge in [0.25, 0.3) is 0 Å². The van der Waals surface area contributed by atoms with Crippen LogP contribution < -0.4 is 15.8 Å². The van der Waals surface area contributed by atoms with E-state index < -0.39 is 12.0 Å². The summed E-state index contributed by atoms with van der Waals surface area (Å²) in [7, 11) is 0. The van der Waals surface area contributed by atoms with Crippen molar-refractivity contribution in [2.75, 3.05) is 11.9 Å². The Bertz CT molecular complexity index is 456. The lowest BCUT2D eigenvalue weighted by molar-refractivity contribution is -0.129. The topological polar surface area (TPSA) is 64.4 Å². The number of nitrogens with one attached hydrogen (secondary N) is 1. The molecule has 1 fully saturated rings. The third-order valence-corrected chi connectivity index (χ3v) is 3.53. The van der Waals surface area contributed by atoms with Gasteiger partial charge in [-0.05, 0) is 25.0 Å². The van der Waals surface area contributed by atoms with Crippen molar-refractivity contribution >= 4 is 11.6 Å². The number of anilines is 1. The van der Waals surface area contributed by atoms with Gasteiger partial charge in [0.2, 0.25) is 5.91 Å². The van der Waals surface area contributed by atoms with Crippen LogP contribution in [-0.4, -0.2) is 19.1 Å². The summed E-state index contributed by atoms with van der Waals surface area (Å²) in [5.41, 5.74) is 5.32. The number of carbonyl (C=O) groups is 1. The molecule has 1 saturated carbocycles. The second-order valence-electron chi connectivity index (χ2n) is 4.67. The molecule has 0 atom stereocenters. The van der Waals surface area contributed by atoms with Crippen LogP contribution in [0.2, 0.25) is 0 Å². The van der Waals surface area contributed by atoms with Crippen LogP contribution in [0.1, 0.15) is 19.3 Å². The van der Waals surface area contributed by atoms with Crippen LogP contribution in [0, 0.1) is 5.41 Å². The normalized spacial score (nSPS) is 16.8. The van der Waals surface area contributed by atoms with E-state index in [0.717, 1.165) is 19.3 Å². The number of hydrogen-bond acceptors (Lipinski definition) is 3. The average Bonchev–Trinajstić information content (AvgIpc) is 2.30. The van der Waals surface area contributed by atoms with Crippen LogP contribution in [0.25, 0.3) is 0 Å². The van der Waals surface area contributed by atoms with E-state index in [-0.39, 0.29) is 23.9 Å². The largest absolute Gasteiger partial charge is 0.433 e. The predicted octanol–water partition coefficient (Wildman–Crippen LogP) is 2.36. The summed E-state index contributed by atoms with van der Waals surface area (Å²) in [6.07, 6.45) is 2.42. The Balaban J connectivity index is 2.12. The maximum Gasteiger partial charge on any atom is 0.387 e. The number of rotatable bonds is 5. The molecule has 1 aromatic rings. The summed E-state index contributed by atoms with van der Waals surface area (Å²) >= 11 is 0. The van der Waals surface area contributed by atoms with Crippen LogP contribution in [0.3, 0.4) is 0 Å². The summed E-state index contributed by atoms with van der Waals surface area (Å²) < 4.78 is 28.9. The summed E-state index contributed by atoms with van der Waals surface area (Å²) in [5.74, 6) is -0.274. The lowest BCUT2D eigenvalue weighted by Gasteiger charge is -2.39. The van der Waals surface area contributed by atoms with Crippen LogP contribution in [0.4, 0.5) is 14.5 Å². The number of halogens is 2. The molecule has 104 valence electrons. The fourth-order valence-electron chi connectivity index (χ4n) is 2.15. The molecule has 0 unspecified atom stereocenters. The standard InChI is InChI=1S/C13H16F2N2O2/c14-12(15)19-10-5-2-1-4-9(10)17-11(18)13(8-16)6-3-7-13/h1-2,4-5,12H,3,6-8,16H2,(H,17,18). The molecule has 2 rings (SSSR count). The number of carbonyl (C=O) groups excluding carboxylic acids is 1. The smallest absolute Gasteiger partial charge is 0.387 e. The third-order valence-electron chi connectivity index (χ3n) is 3.53. The van der Waals surface area contributed by atoms with Gasteiger partial charge < -0.3 is 15.8 Å². The van der Waals surface area contributed by atoms with Crippen molar-refractivity contribution < 1.29 is 18.3 Å². The van der Waals surface area contributed by atoms with Gasteiger partial charge >= 0.3 is 6.61 Å². The highest BCUT2D eigenvalue weighted by Gasteiger charge is 2.43. The van der Waals surface area contributed by atoms with Gasteiger partial charge in [-0.2, -0.15) is 8.78 Å². The van der Waals surface area contributed by atoms with Gasteiger partial charge in [0.15, 0.2) is 0 Å². The number of hydrogen-bond donors (Lipinski definition) is 2. The Labute approximate surface area is 109 Å². The van der Waals surface area contributed by atoms with E-state index in [9.17, 15) is 13.6 Å². The van der Waals surface area contributed by atoms with E-state index in [2.05, 4.69) is 10.1 Å². The zero-order valence-corrected chi connectivity index (χ0v) is 10.4. The molecular formula is C13H16F2N2O2. The third kappa shape index (κ3) is 2.84. The van der Waals surface area contributed by atoms with E-state index >= 15 is 0 Å². The van der Waals surface area contributed by atoms with Crippen molar-refractivity contribution in [2.45, 2.75) is 25.9 Å². The number of benzene rings is 1. The van der Waals surface area contributed by atoms with Crippen molar-refractivity contribution in [3.05, 3.63) is 24.3 Å². The molecule has 3 N–H and O–H groups in total. The number of nitrogens with two attached hydrogens (primary N) is 1. The molecule has 0 heterocycles. The van der Waals surface area contributed by atoms with E-state index in [4.69, 9.17) is 5.73 Å². The highest BCUT2D eigenvalue weighted by molar-refractivity contribution is 5.97. The second kappa shape index (κ2) is 5.52. The molecule has 6 heteroatoms. The first kappa shape index (κ1) is 13.7. The fourth-order valence-corrected chi connectivity index (χ4v) is 2.15. The van der Waals surface area contributed by atoms with Crippen LogP contribution in [0.15, 0.2) is 24.3 Å². The first-order valence-corrected chi connectivity index (χ1v) is 6.13. The summed E-state index contributed by atoms with van der Waals surface area (Å²) in [6, 6.07) is 6.12. The van der Waals surface area contributed by atoms with Gasteiger partial charge in [-0.1, -0.05) is 18.6 Å². The number of ether oxygens (including phenoxy) is 1. The molecule has 0 aliphatic heterocycles. The Hall–Kier alpha value is -1.69. The van der Waals surface area contributed by atoms with Crippen molar-refractivity contribution in [3.63, 3.8) is 0 Å². The van der Waals surface area contributed by atoms with Gasteiger partial charge in [0.1, 0.15) is 5.75 Å². The van der Waals surface area contributed by atoms with Crippen molar-refractivity contribution in [2.24, 2.45) is 11.1 Å². The first-order valence-electron chi connectivity index (χ1n) is 6.13. The zero-order chi connectivity index (χ0) is 13.9. The van der Waals surface area contributed by atoms with E-state index in [0.29, 0.717) is 0 Å². The molecule has 0 radical (unpaired) electrons. The monoisotopic (exact) mass is 270 g/mol. The molecule has 1 amide bonds. The summed E-state index contributed by atoms with van der Waals surface area (Å²) in [6.45, 7) is -2.67. The van der Waals surface area contributed by atoms with Gasteiger partial charge in [0, 0.05) is 6.54 Å². The molecule has 0 saturated heterocycles. The van der Waals surface area contributed by atoms with Crippen LogP contribution in [0.5, 0.6) is 5.75 Å². The van der Waals surface area contributed by atoms with Crippen molar-refractivity contribution in [1.29, 1.82) is 0 Å². The molecule has 0 spiro atoms. The van der Waals surface area contributed by atoms with Crippen LogP contribution in [-0.2, 0) is 4.79 Å². The molecule has 0 aromatic heterocycles. The molecule has 4 nitrogen and oxygen atoms in total. The molecule has 1 aliphatic rings. The number of alkyl halides is 2. The zero-order valence-electron chi connectivity index (χ0n) is 10.4. The Morgan fingerprint density at radius 2 is 2.11 bits per heavy atom. The number of amides is 1. The summed E-state index contributed by atoms with van der Waals surface area (Å²) in [4.78, 5) is 12.2. The SMILES string of the molecule is NCC1(C(=O)Nc2ccccc2OC(F)F)CCC1. The molecule has 19 heavy (non-hydrogen) atoms. The molecular weight excluding hydrogens is 254 g/mol. The van der Waals surface area contributed by atoms with Crippen molar-refractivity contribution in [3.8, 4) is 5.75 Å². The highest BCUT2D eigenvalue weighted by atomic mass is 19.3. The fraction of sp³-hybridized carbons (Fsp3) is 0.462. The minimum Gasteiger partial charge on any atom is -0.433 e. The van der Waals surface area contributed by atoms with E-state index in [1.807, 2.05) is 0 Å². The first-order chi connectivity index (χ1) is 9.07. The maximum atomic E-state index is 12.3. The molecule has 1 aromatic carbocycles. The highest BCUT2D eigenvalue weighted by Crippen LogP contribution is 2.41. The van der Waals surface area contributed by atoms with E-state index in [1.54, 1.807) is 12.1 Å². The Kier molecular flexibility index (Phi) is 3.99. The van der Waals surface area contributed by atoms with Crippen LogP contribution >= 0.6 is 0 Å². The minimum absolute atomic E-state index is 0.0441. The van der Waals surface area contributed by atoms with Gasteiger partial charge in [-0.25, -0.2) is 0 Å². The quantitative estimate of drug-likeness (QED) is 0.863. The lowest BCUT2D eigenvalue weighted by atomic mass is 9.68. The van der Waals surface area contributed by atoms with Gasteiger partial charge in [-0.3, -0.25) is 4.79 Å². The molecule has 1 aliphatic carbocycles. The van der Waals surface area contributed by atoms with E-state index in [1.165, 1.54) is 12.1 Å². The Morgan fingerprint density at radius 3 is 2.63 bits per heavy atom. The van der Waals surface area contributed by atoms with Gasteiger partial charge in [-0.15, -0.1) is 0 Å². The Morgan fingerprint density at radius 1 is 1.42 bits per heavy atom. The predicted molar refractivity (Wildman–Crippen MR) is 67.0 cm³/mol. The lowest BCUT2D eigenvalue weighted by Crippen LogP contribution is -2.47. The van der Waals surface area contributed by atoms with Gasteiger partial charge in [0.05, 0.1) is 11.1 Å². The minimum atomic E-state index is -2.93. The number of para-hydroxylation sites is 2. The molecule has 0 bridgehead atoms. The second-order valence-corrected chi connectivity index (χ2v) is 4.67. The average molecular weight is 270 g/mol. The maximum absolute atomic E-state index is 12.3. The summed E-state index contributed by atoms with van der Waals surface area (Å²) in [5, 5.41) is 2.63.